The maximum absolute atomic E-state index is 14.3. The predicted molar refractivity (Wildman–Crippen MR) is 157 cm³/mol. The van der Waals surface area contributed by atoms with Crippen LogP contribution >= 0.6 is 0 Å². The molecule has 0 saturated heterocycles. The lowest BCUT2D eigenvalue weighted by atomic mass is 9.75. The van der Waals surface area contributed by atoms with Crippen molar-refractivity contribution >= 4 is 5.91 Å². The molecule has 1 amide bonds. The summed E-state index contributed by atoms with van der Waals surface area (Å²) < 4.78 is 34.0. The summed E-state index contributed by atoms with van der Waals surface area (Å²) in [6, 6.07) is 19.7. The largest absolute Gasteiger partial charge is 0.497 e. The molecule has 3 N–H and O–H groups in total. The average Bonchev–Trinajstić information content (AvgIpc) is 3.17. The van der Waals surface area contributed by atoms with E-state index in [2.05, 4.69) is 5.32 Å². The van der Waals surface area contributed by atoms with Crippen molar-refractivity contribution in [3.63, 3.8) is 0 Å². The summed E-state index contributed by atoms with van der Waals surface area (Å²) in [5.74, 6) is -0.923. The minimum Gasteiger partial charge on any atom is -0.497 e. The van der Waals surface area contributed by atoms with E-state index in [0.29, 0.717) is 42.0 Å². The highest BCUT2D eigenvalue weighted by molar-refractivity contribution is 5.84. The number of benzene rings is 3. The summed E-state index contributed by atoms with van der Waals surface area (Å²) in [4.78, 5) is 14.3. The molecule has 1 fully saturated rings. The van der Waals surface area contributed by atoms with Crippen LogP contribution in [0, 0.1) is 5.92 Å². The predicted octanol–water partition coefficient (Wildman–Crippen LogP) is 3.48. The van der Waals surface area contributed by atoms with Crippen molar-refractivity contribution in [2.75, 3.05) is 42.1 Å². The van der Waals surface area contributed by atoms with Crippen molar-refractivity contribution in [3.8, 4) is 23.0 Å². The molecular formula is C33H39NO9. The molecule has 2 aliphatic rings. The highest BCUT2D eigenvalue weighted by Gasteiger charge is 2.76. The Morgan fingerprint density at radius 2 is 1.60 bits per heavy atom. The Hall–Kier alpha value is -3.83. The van der Waals surface area contributed by atoms with Gasteiger partial charge in [0.1, 0.15) is 34.7 Å². The molecule has 43 heavy (non-hydrogen) atoms. The molecule has 1 aliphatic carbocycles. The Labute approximate surface area is 251 Å². The lowest BCUT2D eigenvalue weighted by molar-refractivity contribution is -0.162. The van der Waals surface area contributed by atoms with Gasteiger partial charge in [-0.15, -0.1) is 0 Å². The fourth-order valence-electron chi connectivity index (χ4n) is 6.70. The van der Waals surface area contributed by atoms with Crippen molar-refractivity contribution in [3.05, 3.63) is 83.4 Å². The number of carbonyl (C=O) groups excluding carboxylic acids is 1. The molecule has 1 saturated carbocycles. The third-order valence-electron chi connectivity index (χ3n) is 8.69. The van der Waals surface area contributed by atoms with Crippen molar-refractivity contribution in [1.82, 2.24) is 5.32 Å². The highest BCUT2D eigenvalue weighted by atomic mass is 16.7. The van der Waals surface area contributed by atoms with Gasteiger partial charge in [0.15, 0.2) is 11.9 Å². The SMILES string of the molecule is COc1ccc(C23Oc4cc(OC)cc(OC)c4C(O)(C2O)[C@H](C(=O)NCCCC(OC)OC)[C@H]3c2ccccc2)cc1. The number of hydrogen-bond donors (Lipinski definition) is 3. The Morgan fingerprint density at radius 3 is 2.21 bits per heavy atom. The molecule has 1 aliphatic heterocycles. The maximum Gasteiger partial charge on any atom is 0.227 e. The van der Waals surface area contributed by atoms with Crippen LogP contribution in [-0.4, -0.2) is 70.6 Å². The fraction of sp³-hybridized carbons (Fsp3) is 0.424. The zero-order valence-electron chi connectivity index (χ0n) is 25.0. The van der Waals surface area contributed by atoms with Crippen LogP contribution in [0.1, 0.15) is 35.4 Å². The molecule has 5 rings (SSSR count). The molecule has 2 bridgehead atoms. The maximum atomic E-state index is 14.3. The van der Waals surface area contributed by atoms with E-state index < -0.39 is 41.3 Å². The van der Waals surface area contributed by atoms with E-state index in [-0.39, 0.29) is 17.1 Å². The van der Waals surface area contributed by atoms with Gasteiger partial charge >= 0.3 is 0 Å². The first-order valence-corrected chi connectivity index (χ1v) is 14.2. The molecule has 3 aromatic carbocycles. The van der Waals surface area contributed by atoms with E-state index in [0.717, 1.165) is 0 Å². The lowest BCUT2D eigenvalue weighted by Gasteiger charge is -2.45. The molecular weight excluding hydrogens is 554 g/mol. The highest BCUT2D eigenvalue weighted by Crippen LogP contribution is 2.68. The molecule has 1 heterocycles. The Bertz CT molecular complexity index is 1410. The van der Waals surface area contributed by atoms with Crippen LogP contribution in [0.25, 0.3) is 0 Å². The summed E-state index contributed by atoms with van der Waals surface area (Å²) >= 11 is 0. The van der Waals surface area contributed by atoms with E-state index in [9.17, 15) is 15.0 Å². The number of carbonyl (C=O) groups is 1. The van der Waals surface area contributed by atoms with E-state index >= 15 is 0 Å². The molecule has 10 heteroatoms. The van der Waals surface area contributed by atoms with Crippen molar-refractivity contribution in [2.24, 2.45) is 5.92 Å². The first kappa shape index (κ1) is 30.6. The zero-order valence-corrected chi connectivity index (χ0v) is 25.0. The number of nitrogens with one attached hydrogen (secondary N) is 1. The summed E-state index contributed by atoms with van der Waals surface area (Å²) in [6.07, 6.45) is -0.847. The van der Waals surface area contributed by atoms with E-state index in [1.54, 1.807) is 57.7 Å². The van der Waals surface area contributed by atoms with Gasteiger partial charge in [0.05, 0.1) is 32.8 Å². The van der Waals surface area contributed by atoms with E-state index in [1.807, 2.05) is 30.3 Å². The minimum absolute atomic E-state index is 0.185. The third kappa shape index (κ3) is 4.98. The smallest absolute Gasteiger partial charge is 0.227 e. The van der Waals surface area contributed by atoms with Crippen LogP contribution in [0.4, 0.5) is 0 Å². The van der Waals surface area contributed by atoms with Crippen LogP contribution in [0.15, 0.2) is 66.7 Å². The second-order valence-corrected chi connectivity index (χ2v) is 10.8. The normalized spacial score (nSPS) is 25.5. The number of aliphatic hydroxyl groups is 2. The quantitative estimate of drug-likeness (QED) is 0.214. The van der Waals surface area contributed by atoms with E-state index in [4.69, 9.17) is 28.4 Å². The molecule has 230 valence electrons. The lowest BCUT2D eigenvalue weighted by Crippen LogP contribution is -2.55. The monoisotopic (exact) mass is 593 g/mol. The van der Waals surface area contributed by atoms with Crippen LogP contribution in [-0.2, 0) is 25.5 Å². The van der Waals surface area contributed by atoms with Crippen LogP contribution in [0.3, 0.4) is 0 Å². The summed E-state index contributed by atoms with van der Waals surface area (Å²) in [5.41, 5.74) is -2.22. The van der Waals surface area contributed by atoms with Gasteiger partial charge in [0.2, 0.25) is 5.91 Å². The van der Waals surface area contributed by atoms with Gasteiger partial charge < -0.3 is 44.0 Å². The number of amides is 1. The van der Waals surface area contributed by atoms with Crippen molar-refractivity contribution in [2.45, 2.75) is 42.4 Å². The second kappa shape index (κ2) is 12.4. The van der Waals surface area contributed by atoms with Crippen LogP contribution < -0.4 is 24.3 Å². The molecule has 0 radical (unpaired) electrons. The zero-order chi connectivity index (χ0) is 30.8. The fourth-order valence-corrected chi connectivity index (χ4v) is 6.70. The Balaban J connectivity index is 1.71. The average molecular weight is 594 g/mol. The number of ether oxygens (including phenoxy) is 6. The van der Waals surface area contributed by atoms with Crippen LogP contribution in [0.2, 0.25) is 0 Å². The molecule has 3 aromatic rings. The molecule has 10 nitrogen and oxygen atoms in total. The number of fused-ring (bicyclic) bond motifs is 4. The number of aliphatic hydroxyl groups excluding tert-OH is 1. The van der Waals surface area contributed by atoms with Crippen molar-refractivity contribution in [1.29, 1.82) is 0 Å². The topological polar surface area (TPSA) is 125 Å². The third-order valence-corrected chi connectivity index (χ3v) is 8.69. The molecule has 0 aromatic heterocycles. The number of hydrogen-bond acceptors (Lipinski definition) is 9. The summed E-state index contributed by atoms with van der Waals surface area (Å²) in [7, 11) is 7.66. The Morgan fingerprint density at radius 1 is 0.930 bits per heavy atom. The van der Waals surface area contributed by atoms with E-state index in [1.165, 1.54) is 14.2 Å². The number of methoxy groups -OCH3 is 5. The first-order chi connectivity index (χ1) is 20.8. The molecule has 3 unspecified atom stereocenters. The van der Waals surface area contributed by atoms with Gasteiger partial charge in [-0.1, -0.05) is 42.5 Å². The second-order valence-electron chi connectivity index (χ2n) is 10.8. The standard InChI is InChI=1S/C33H39NO9/c1-38-22-15-13-21(14-16-22)33-27(20-10-7-6-8-11-20)29(30(35)34-17-9-12-26(41-4)42-5)32(37,31(33)36)28-24(40-3)18-23(39-2)19-25(28)43-33/h6-8,10-11,13-16,18-19,26-27,29,31,36-37H,9,12,17H2,1-5H3,(H,34,35)/t27-,29+,31?,32?,33?/m1/s1. The van der Waals surface area contributed by atoms with Gasteiger partial charge in [-0.2, -0.15) is 0 Å². The van der Waals surface area contributed by atoms with Gasteiger partial charge in [-0.05, 0) is 29.7 Å². The number of rotatable bonds is 12. The van der Waals surface area contributed by atoms with Gasteiger partial charge in [-0.3, -0.25) is 4.79 Å². The minimum atomic E-state index is -2.11. The molecule has 5 atom stereocenters. The summed E-state index contributed by atoms with van der Waals surface area (Å²) in [6.45, 7) is 0.301. The van der Waals surface area contributed by atoms with Crippen LogP contribution in [0.5, 0.6) is 23.0 Å². The Kier molecular flexibility index (Phi) is 8.84. The molecule has 0 spiro atoms. The van der Waals surface area contributed by atoms with Gasteiger partial charge in [0.25, 0.3) is 0 Å². The summed E-state index contributed by atoms with van der Waals surface area (Å²) in [5, 5.41) is 28.2. The van der Waals surface area contributed by atoms with Gasteiger partial charge in [0, 0.05) is 45.2 Å². The van der Waals surface area contributed by atoms with Gasteiger partial charge in [-0.25, -0.2) is 0 Å². The first-order valence-electron chi connectivity index (χ1n) is 14.2. The van der Waals surface area contributed by atoms with Crippen molar-refractivity contribution < 1.29 is 43.4 Å².